The van der Waals surface area contributed by atoms with Gasteiger partial charge in [0.05, 0.1) is 31.9 Å². The Morgan fingerprint density at radius 1 is 1.19 bits per heavy atom. The minimum atomic E-state index is -0.730. The van der Waals surface area contributed by atoms with Crippen molar-refractivity contribution in [2.75, 3.05) is 30.3 Å². The summed E-state index contributed by atoms with van der Waals surface area (Å²) in [5.41, 5.74) is 5.64. The Morgan fingerprint density at radius 3 is 2.67 bits per heavy atom. The molecule has 3 aromatic rings. The first kappa shape index (κ1) is 25.0. The normalized spacial score (nSPS) is 15.6. The fourth-order valence-corrected chi connectivity index (χ4v) is 4.50. The number of carbonyl (C=O) groups excluding carboxylic acids is 2. The number of hydrogen-bond donors (Lipinski definition) is 3. The number of benzene rings is 1. The molecule has 1 aromatic carbocycles. The summed E-state index contributed by atoms with van der Waals surface area (Å²) in [5.74, 6) is -0.0164. The molecule has 1 aliphatic rings. The summed E-state index contributed by atoms with van der Waals surface area (Å²) in [6.07, 6.45) is 2.93. The third-order valence-electron chi connectivity index (χ3n) is 6.31. The Hall–Kier alpha value is -4.12. The van der Waals surface area contributed by atoms with Crippen LogP contribution in [0.25, 0.3) is 0 Å². The van der Waals surface area contributed by atoms with Crippen LogP contribution in [0.2, 0.25) is 0 Å². The number of furan rings is 1. The molecule has 0 aliphatic carbocycles. The first-order valence-electron chi connectivity index (χ1n) is 11.9. The molecule has 190 valence electrons. The van der Waals surface area contributed by atoms with Crippen molar-refractivity contribution < 1.29 is 14.0 Å². The van der Waals surface area contributed by atoms with Crippen LogP contribution in [0, 0.1) is 0 Å². The van der Waals surface area contributed by atoms with E-state index < -0.39 is 17.3 Å². The van der Waals surface area contributed by atoms with E-state index in [1.807, 2.05) is 30.3 Å². The molecular formula is C25H30N6O5. The molecule has 0 saturated carbocycles. The van der Waals surface area contributed by atoms with Gasteiger partial charge >= 0.3 is 5.69 Å². The number of rotatable bonds is 9. The number of amides is 2. The highest BCUT2D eigenvalue weighted by atomic mass is 16.3. The van der Waals surface area contributed by atoms with E-state index in [2.05, 4.69) is 10.3 Å². The van der Waals surface area contributed by atoms with Crippen LogP contribution < -0.4 is 27.2 Å². The molecule has 1 atom stereocenters. The van der Waals surface area contributed by atoms with Crippen molar-refractivity contribution in [1.29, 1.82) is 0 Å². The lowest BCUT2D eigenvalue weighted by Gasteiger charge is -2.28. The molecule has 0 radical (unpaired) electrons. The van der Waals surface area contributed by atoms with Crippen molar-refractivity contribution in [3.05, 3.63) is 80.9 Å². The molecule has 1 aliphatic heterocycles. The van der Waals surface area contributed by atoms with Crippen LogP contribution in [0.5, 0.6) is 0 Å². The zero-order chi connectivity index (χ0) is 25.7. The molecule has 11 heteroatoms. The number of carbonyl (C=O) groups is 2. The predicted octanol–water partition coefficient (Wildman–Crippen LogP) is 0.894. The Labute approximate surface area is 207 Å². The maximum atomic E-state index is 13.3. The lowest BCUT2D eigenvalue weighted by atomic mass is 10.2. The molecular weight excluding hydrogens is 464 g/mol. The molecule has 0 spiro atoms. The van der Waals surface area contributed by atoms with E-state index in [0.717, 1.165) is 12.0 Å². The van der Waals surface area contributed by atoms with Crippen LogP contribution in [-0.4, -0.2) is 51.9 Å². The summed E-state index contributed by atoms with van der Waals surface area (Å²) < 4.78 is 6.49. The lowest BCUT2D eigenvalue weighted by molar-refractivity contribution is -0.127. The van der Waals surface area contributed by atoms with Crippen molar-refractivity contribution >= 4 is 23.3 Å². The monoisotopic (exact) mass is 494 g/mol. The van der Waals surface area contributed by atoms with Crippen LogP contribution in [0.15, 0.2) is 62.7 Å². The Balaban J connectivity index is 1.51. The van der Waals surface area contributed by atoms with Gasteiger partial charge in [0, 0.05) is 6.54 Å². The van der Waals surface area contributed by atoms with Crippen LogP contribution >= 0.6 is 0 Å². The quantitative estimate of drug-likeness (QED) is 0.400. The summed E-state index contributed by atoms with van der Waals surface area (Å²) in [7, 11) is 0. The zero-order valence-electron chi connectivity index (χ0n) is 20.1. The van der Waals surface area contributed by atoms with Crippen molar-refractivity contribution in [2.24, 2.45) is 0 Å². The van der Waals surface area contributed by atoms with E-state index in [1.54, 1.807) is 24.0 Å². The van der Waals surface area contributed by atoms with Gasteiger partial charge in [-0.3, -0.25) is 28.8 Å². The zero-order valence-corrected chi connectivity index (χ0v) is 20.1. The number of likely N-dealkylation sites (tertiary alicyclic amines) is 1. The first-order valence-corrected chi connectivity index (χ1v) is 11.9. The lowest BCUT2D eigenvalue weighted by Crippen LogP contribution is -2.49. The Bertz CT molecular complexity index is 1310. The van der Waals surface area contributed by atoms with Crippen LogP contribution in [-0.2, 0) is 22.7 Å². The predicted molar refractivity (Wildman–Crippen MR) is 134 cm³/mol. The van der Waals surface area contributed by atoms with Gasteiger partial charge in [0.15, 0.2) is 5.69 Å². The van der Waals surface area contributed by atoms with E-state index >= 15 is 0 Å². The number of nitrogens with two attached hydrogens (primary N) is 1. The number of nitrogens with one attached hydrogen (secondary N) is 2. The Kier molecular flexibility index (Phi) is 7.69. The van der Waals surface area contributed by atoms with Gasteiger partial charge in [0.1, 0.15) is 11.6 Å². The van der Waals surface area contributed by atoms with Gasteiger partial charge in [-0.2, -0.15) is 0 Å². The molecule has 11 nitrogen and oxygen atoms in total. The van der Waals surface area contributed by atoms with E-state index in [-0.39, 0.29) is 49.5 Å². The maximum absolute atomic E-state index is 13.3. The van der Waals surface area contributed by atoms with E-state index in [1.165, 1.54) is 15.7 Å². The van der Waals surface area contributed by atoms with Crippen LogP contribution in [0.4, 0.5) is 11.5 Å². The number of H-pyrrole nitrogens is 1. The number of anilines is 2. The summed E-state index contributed by atoms with van der Waals surface area (Å²) in [5, 5.41) is 2.85. The third kappa shape index (κ3) is 5.41. The molecule has 2 amide bonds. The summed E-state index contributed by atoms with van der Waals surface area (Å²) in [4.78, 5) is 56.7. The molecule has 1 fully saturated rings. The molecule has 4 N–H and O–H groups in total. The fraction of sp³-hybridized carbons (Fsp3) is 0.360. The van der Waals surface area contributed by atoms with Crippen molar-refractivity contribution in [3.8, 4) is 0 Å². The van der Waals surface area contributed by atoms with E-state index in [0.29, 0.717) is 18.7 Å². The second-order valence-corrected chi connectivity index (χ2v) is 8.63. The topological polar surface area (TPSA) is 147 Å². The van der Waals surface area contributed by atoms with Gasteiger partial charge in [-0.15, -0.1) is 0 Å². The minimum Gasteiger partial charge on any atom is -0.467 e. The SMILES string of the molecule is CCN(C(=O)CN1CCCC1C(=O)NCc1ccco1)c1c(N)n(Cc2ccccc2)c(=O)[nH]c1=O. The molecule has 3 heterocycles. The third-order valence-corrected chi connectivity index (χ3v) is 6.31. The average Bonchev–Trinajstić information content (AvgIpc) is 3.55. The van der Waals surface area contributed by atoms with E-state index in [9.17, 15) is 19.2 Å². The first-order chi connectivity index (χ1) is 17.4. The molecule has 1 unspecified atom stereocenters. The van der Waals surface area contributed by atoms with Gasteiger partial charge in [-0.05, 0) is 44.0 Å². The summed E-state index contributed by atoms with van der Waals surface area (Å²) >= 11 is 0. The molecule has 36 heavy (non-hydrogen) atoms. The average molecular weight is 495 g/mol. The standard InChI is InChI=1S/C25H30N6O5/c1-2-30(21-22(26)31(25(35)28-24(21)34)15-17-8-4-3-5-9-17)20(32)16-29-12-6-11-19(29)23(33)27-14-18-10-7-13-36-18/h3-5,7-10,13,19H,2,6,11-12,14-16,26H2,1H3,(H,27,33)(H,28,34,35). The van der Waals surface area contributed by atoms with Gasteiger partial charge in [-0.25, -0.2) is 4.79 Å². The highest BCUT2D eigenvalue weighted by molar-refractivity contribution is 5.97. The largest absolute Gasteiger partial charge is 0.467 e. The van der Waals surface area contributed by atoms with Gasteiger partial charge in [-0.1, -0.05) is 30.3 Å². The number of hydrogen-bond acceptors (Lipinski definition) is 7. The fourth-order valence-electron chi connectivity index (χ4n) is 4.50. The van der Waals surface area contributed by atoms with Gasteiger partial charge < -0.3 is 20.4 Å². The van der Waals surface area contributed by atoms with Crippen LogP contribution in [0.3, 0.4) is 0 Å². The second-order valence-electron chi connectivity index (χ2n) is 8.63. The molecule has 4 rings (SSSR count). The number of nitrogen functional groups attached to an aromatic ring is 1. The van der Waals surface area contributed by atoms with Gasteiger partial charge in [0.2, 0.25) is 11.8 Å². The van der Waals surface area contributed by atoms with Crippen molar-refractivity contribution in [3.63, 3.8) is 0 Å². The smallest absolute Gasteiger partial charge is 0.330 e. The number of aromatic amines is 1. The van der Waals surface area contributed by atoms with E-state index in [4.69, 9.17) is 10.2 Å². The van der Waals surface area contributed by atoms with Crippen LogP contribution in [0.1, 0.15) is 31.1 Å². The highest BCUT2D eigenvalue weighted by Gasteiger charge is 2.34. The summed E-state index contributed by atoms with van der Waals surface area (Å²) in [6.45, 7) is 2.80. The number of nitrogens with zero attached hydrogens (tertiary/aromatic N) is 3. The van der Waals surface area contributed by atoms with Crippen molar-refractivity contribution in [2.45, 2.75) is 38.9 Å². The molecule has 2 aromatic heterocycles. The molecule has 0 bridgehead atoms. The number of aromatic nitrogens is 2. The second kappa shape index (κ2) is 11.1. The maximum Gasteiger partial charge on any atom is 0.330 e. The minimum absolute atomic E-state index is 0.0661. The molecule has 1 saturated heterocycles. The Morgan fingerprint density at radius 2 is 1.97 bits per heavy atom. The van der Waals surface area contributed by atoms with Gasteiger partial charge in [0.25, 0.3) is 5.56 Å². The van der Waals surface area contributed by atoms with Crippen molar-refractivity contribution in [1.82, 2.24) is 19.8 Å². The number of likely N-dealkylation sites (N-methyl/N-ethyl adjacent to an activating group) is 1. The summed E-state index contributed by atoms with van der Waals surface area (Å²) in [6, 6.07) is 12.3. The highest BCUT2D eigenvalue weighted by Crippen LogP contribution is 2.21.